The van der Waals surface area contributed by atoms with E-state index in [-0.39, 0.29) is 18.4 Å². The van der Waals surface area contributed by atoms with Crippen LogP contribution < -0.4 is 15.4 Å². The Labute approximate surface area is 152 Å². The summed E-state index contributed by atoms with van der Waals surface area (Å²) in [6.07, 6.45) is 2.30. The molecule has 25 heavy (non-hydrogen) atoms. The Morgan fingerprint density at radius 2 is 1.68 bits per heavy atom. The predicted molar refractivity (Wildman–Crippen MR) is 100 cm³/mol. The van der Waals surface area contributed by atoms with Crippen LogP contribution in [0.3, 0.4) is 0 Å². The number of ether oxygens (including phenoxy) is 1. The Kier molecular flexibility index (Phi) is 7.29. The average Bonchev–Trinajstić information content (AvgIpc) is 2.59. The monoisotopic (exact) mass is 360 g/mol. The van der Waals surface area contributed by atoms with Crippen molar-refractivity contribution in [3.63, 3.8) is 0 Å². The van der Waals surface area contributed by atoms with Crippen LogP contribution in [0.15, 0.2) is 48.5 Å². The molecule has 0 bridgehead atoms. The maximum absolute atomic E-state index is 12.0. The van der Waals surface area contributed by atoms with E-state index in [1.54, 1.807) is 48.5 Å². The highest BCUT2D eigenvalue weighted by Crippen LogP contribution is 2.23. The lowest BCUT2D eigenvalue weighted by Gasteiger charge is -2.10. The summed E-state index contributed by atoms with van der Waals surface area (Å²) in [5.41, 5.74) is 1.23. The number of hydrogen-bond donors (Lipinski definition) is 2. The molecule has 0 spiro atoms. The van der Waals surface area contributed by atoms with E-state index >= 15 is 0 Å². The Hall–Kier alpha value is -2.53. The van der Waals surface area contributed by atoms with Crippen LogP contribution >= 0.6 is 11.6 Å². The predicted octanol–water partition coefficient (Wildman–Crippen LogP) is 4.49. The third-order valence-corrected chi connectivity index (χ3v) is 3.70. The minimum atomic E-state index is -0.311. The molecule has 2 rings (SSSR count). The Morgan fingerprint density at radius 3 is 2.36 bits per heavy atom. The third kappa shape index (κ3) is 6.47. The largest absolute Gasteiger partial charge is 0.482 e. The zero-order chi connectivity index (χ0) is 18.1. The molecular weight excluding hydrogens is 340 g/mol. The number of hydrogen-bond acceptors (Lipinski definition) is 3. The van der Waals surface area contributed by atoms with Gasteiger partial charge < -0.3 is 15.4 Å². The van der Waals surface area contributed by atoms with Crippen molar-refractivity contribution in [2.24, 2.45) is 0 Å². The number of benzene rings is 2. The molecule has 132 valence electrons. The van der Waals surface area contributed by atoms with Crippen LogP contribution in [0.25, 0.3) is 0 Å². The topological polar surface area (TPSA) is 67.4 Å². The number of unbranched alkanes of at least 4 members (excludes halogenated alkanes) is 1. The van der Waals surface area contributed by atoms with Gasteiger partial charge in [-0.1, -0.05) is 43.1 Å². The van der Waals surface area contributed by atoms with Gasteiger partial charge in [0.2, 0.25) is 5.91 Å². The van der Waals surface area contributed by atoms with Crippen LogP contribution in [0.5, 0.6) is 5.75 Å². The second-order valence-electron chi connectivity index (χ2n) is 5.50. The lowest BCUT2D eigenvalue weighted by Crippen LogP contribution is -2.20. The van der Waals surface area contributed by atoms with E-state index in [4.69, 9.17) is 16.3 Å². The van der Waals surface area contributed by atoms with E-state index in [2.05, 4.69) is 10.6 Å². The van der Waals surface area contributed by atoms with Crippen molar-refractivity contribution < 1.29 is 14.3 Å². The first-order valence-corrected chi connectivity index (χ1v) is 8.53. The molecule has 0 aliphatic rings. The Balaban J connectivity index is 1.87. The van der Waals surface area contributed by atoms with Gasteiger partial charge in [0.15, 0.2) is 6.61 Å². The van der Waals surface area contributed by atoms with Gasteiger partial charge in [0.1, 0.15) is 5.75 Å². The molecule has 0 radical (unpaired) electrons. The highest BCUT2D eigenvalue weighted by atomic mass is 35.5. The molecule has 0 saturated carbocycles. The summed E-state index contributed by atoms with van der Waals surface area (Å²) in [5, 5.41) is 6.00. The molecule has 2 aromatic carbocycles. The molecule has 0 unspecified atom stereocenters. The molecular formula is C19H21ClN2O3. The van der Waals surface area contributed by atoms with Crippen LogP contribution in [0, 0.1) is 0 Å². The summed E-state index contributed by atoms with van der Waals surface area (Å²) < 4.78 is 5.40. The summed E-state index contributed by atoms with van der Waals surface area (Å²) in [6.45, 7) is 1.88. The molecule has 5 nitrogen and oxygen atoms in total. The van der Waals surface area contributed by atoms with Crippen molar-refractivity contribution in [2.45, 2.75) is 26.2 Å². The maximum atomic E-state index is 12.0. The average molecular weight is 361 g/mol. The first kappa shape index (κ1) is 18.8. The molecule has 0 fully saturated rings. The van der Waals surface area contributed by atoms with Gasteiger partial charge in [0, 0.05) is 17.8 Å². The fraction of sp³-hybridized carbons (Fsp3) is 0.263. The quantitative estimate of drug-likeness (QED) is 0.729. The zero-order valence-corrected chi connectivity index (χ0v) is 14.8. The molecule has 0 aliphatic heterocycles. The summed E-state index contributed by atoms with van der Waals surface area (Å²) in [5.74, 6) is 0.109. The van der Waals surface area contributed by atoms with Gasteiger partial charge >= 0.3 is 0 Å². The summed E-state index contributed by atoms with van der Waals surface area (Å²) in [7, 11) is 0. The third-order valence-electron chi connectivity index (χ3n) is 3.38. The first-order chi connectivity index (χ1) is 12.1. The maximum Gasteiger partial charge on any atom is 0.262 e. The van der Waals surface area contributed by atoms with E-state index < -0.39 is 0 Å². The van der Waals surface area contributed by atoms with Crippen molar-refractivity contribution in [3.8, 4) is 5.75 Å². The van der Waals surface area contributed by atoms with Gasteiger partial charge in [0.25, 0.3) is 5.91 Å². The molecule has 0 saturated heterocycles. The zero-order valence-electron chi connectivity index (χ0n) is 14.0. The van der Waals surface area contributed by atoms with Crippen LogP contribution in [0.1, 0.15) is 26.2 Å². The second-order valence-corrected chi connectivity index (χ2v) is 5.91. The normalized spacial score (nSPS) is 10.2. The van der Waals surface area contributed by atoms with E-state index in [1.165, 1.54) is 0 Å². The highest BCUT2D eigenvalue weighted by molar-refractivity contribution is 6.32. The Bertz CT molecular complexity index is 734. The van der Waals surface area contributed by atoms with Crippen molar-refractivity contribution in [1.29, 1.82) is 0 Å². The number of carbonyl (C=O) groups is 2. The van der Waals surface area contributed by atoms with Crippen LogP contribution in [-0.2, 0) is 9.59 Å². The number of para-hydroxylation sites is 1. The van der Waals surface area contributed by atoms with E-state index in [0.717, 1.165) is 12.8 Å². The molecule has 0 aliphatic carbocycles. The van der Waals surface area contributed by atoms with Crippen molar-refractivity contribution >= 4 is 34.8 Å². The first-order valence-electron chi connectivity index (χ1n) is 8.15. The summed E-state index contributed by atoms with van der Waals surface area (Å²) in [6, 6.07) is 14.0. The molecule has 0 heterocycles. The SMILES string of the molecule is CCCCC(=O)Nc1cccc(NC(=O)COc2ccccc2Cl)c1. The Morgan fingerprint density at radius 1 is 1.00 bits per heavy atom. The van der Waals surface area contributed by atoms with Gasteiger partial charge in [-0.3, -0.25) is 9.59 Å². The molecule has 2 amide bonds. The van der Waals surface area contributed by atoms with Gasteiger partial charge in [-0.15, -0.1) is 0 Å². The molecule has 0 atom stereocenters. The van der Waals surface area contributed by atoms with Crippen LogP contribution in [-0.4, -0.2) is 18.4 Å². The van der Waals surface area contributed by atoms with Crippen LogP contribution in [0.4, 0.5) is 11.4 Å². The number of anilines is 2. The minimum absolute atomic E-state index is 0.0348. The fourth-order valence-corrected chi connectivity index (χ4v) is 2.33. The van der Waals surface area contributed by atoms with E-state index in [0.29, 0.717) is 28.6 Å². The lowest BCUT2D eigenvalue weighted by molar-refractivity contribution is -0.118. The van der Waals surface area contributed by atoms with Gasteiger partial charge in [-0.25, -0.2) is 0 Å². The summed E-state index contributed by atoms with van der Waals surface area (Å²) in [4.78, 5) is 23.8. The number of carbonyl (C=O) groups excluding carboxylic acids is 2. The van der Waals surface area contributed by atoms with Crippen molar-refractivity contribution in [2.75, 3.05) is 17.2 Å². The van der Waals surface area contributed by atoms with Crippen LogP contribution in [0.2, 0.25) is 5.02 Å². The molecule has 2 N–H and O–H groups in total. The lowest BCUT2D eigenvalue weighted by atomic mass is 10.2. The second kappa shape index (κ2) is 9.69. The minimum Gasteiger partial charge on any atom is -0.482 e. The molecule has 6 heteroatoms. The standard InChI is InChI=1S/C19H21ClN2O3/c1-2-3-11-18(23)21-14-7-6-8-15(12-14)22-19(24)13-25-17-10-5-4-9-16(17)20/h4-10,12H,2-3,11,13H2,1H3,(H,21,23)(H,22,24). The summed E-state index contributed by atoms with van der Waals surface area (Å²) >= 11 is 5.98. The van der Waals surface area contributed by atoms with Gasteiger partial charge in [-0.2, -0.15) is 0 Å². The van der Waals surface area contributed by atoms with Crippen molar-refractivity contribution in [3.05, 3.63) is 53.6 Å². The van der Waals surface area contributed by atoms with E-state index in [1.807, 2.05) is 6.92 Å². The molecule has 2 aromatic rings. The van der Waals surface area contributed by atoms with Gasteiger partial charge in [-0.05, 0) is 36.8 Å². The number of nitrogens with one attached hydrogen (secondary N) is 2. The van der Waals surface area contributed by atoms with Crippen molar-refractivity contribution in [1.82, 2.24) is 0 Å². The number of rotatable bonds is 8. The van der Waals surface area contributed by atoms with E-state index in [9.17, 15) is 9.59 Å². The molecule has 0 aromatic heterocycles. The number of amides is 2. The van der Waals surface area contributed by atoms with Gasteiger partial charge in [0.05, 0.1) is 5.02 Å². The smallest absolute Gasteiger partial charge is 0.262 e. The highest BCUT2D eigenvalue weighted by Gasteiger charge is 2.07. The number of halogens is 1. The fourth-order valence-electron chi connectivity index (χ4n) is 2.14.